The van der Waals surface area contributed by atoms with Crippen molar-refractivity contribution in [1.29, 1.82) is 0 Å². The maximum Gasteiger partial charge on any atom is 0.0971 e. The zero-order valence-electron chi connectivity index (χ0n) is 70.4. The smallest absolute Gasteiger partial charge is 0.0971 e. The van der Waals surface area contributed by atoms with Gasteiger partial charge in [-0.2, -0.15) is 0 Å². The van der Waals surface area contributed by atoms with Crippen LogP contribution in [0, 0.1) is 65.1 Å². The summed E-state index contributed by atoms with van der Waals surface area (Å²) in [7, 11) is 0. The summed E-state index contributed by atoms with van der Waals surface area (Å²) in [6.45, 7) is 16.7. The molecule has 6 saturated carbocycles. The first kappa shape index (κ1) is 77.0. The second-order valence-corrected chi connectivity index (χ2v) is 36.9. The minimum Gasteiger partial charge on any atom is -0.309 e. The van der Waals surface area contributed by atoms with E-state index in [1.54, 1.807) is 63.8 Å². The Morgan fingerprint density at radius 3 is 1.07 bits per heavy atom. The van der Waals surface area contributed by atoms with E-state index in [9.17, 15) is 0 Å². The van der Waals surface area contributed by atoms with Crippen molar-refractivity contribution in [2.45, 2.75) is 162 Å². The van der Waals surface area contributed by atoms with Gasteiger partial charge in [-0.3, -0.25) is 9.97 Å². The summed E-state index contributed by atoms with van der Waals surface area (Å²) in [5.41, 5.74) is 23.7. The van der Waals surface area contributed by atoms with Crippen LogP contribution in [0.25, 0.3) is 116 Å². The summed E-state index contributed by atoms with van der Waals surface area (Å²) in [5.74, 6) is 13.4. The normalized spacial score (nSPS) is 23.6. The van der Waals surface area contributed by atoms with Gasteiger partial charge in [0, 0.05) is 67.4 Å². The second kappa shape index (κ2) is 33.5. The molecule has 12 unspecified atom stereocenters. The Bertz CT molecular complexity index is 5720. The van der Waals surface area contributed by atoms with Gasteiger partial charge in [0.2, 0.25) is 0 Å². The van der Waals surface area contributed by atoms with Crippen molar-refractivity contribution < 1.29 is 0 Å². The SMILES string of the molecule is CC1(C)c2ccccc2-c2ccccc21.CC1C=Cc2ccccc21.CC1CCCC2C1CC1C(C)CCCC12.CC1CCCC2C1CC1CCCCC12.CC1c2ccccc2-c2ccccc21.c1ccc2c(c1)c1ccccc1c1nccnc21.c1ccc2c(c1)c1ccccc1n2-c1ccc(-n2c3ccccc3c3ccccc32)cc1. The van der Waals surface area contributed by atoms with Crippen LogP contribution < -0.4 is 0 Å². The van der Waals surface area contributed by atoms with E-state index in [0.29, 0.717) is 11.8 Å². The largest absolute Gasteiger partial charge is 0.309 e. The minimum atomic E-state index is 0.160. The van der Waals surface area contributed by atoms with E-state index < -0.39 is 0 Å². The molecular formula is C114H116N4. The number of aromatic nitrogens is 4. The fraction of sp³-hybridized carbons (Fsp3) is 0.316. The lowest BCUT2D eigenvalue weighted by Crippen LogP contribution is -2.28. The predicted octanol–water partition coefficient (Wildman–Crippen LogP) is 31.2. The summed E-state index contributed by atoms with van der Waals surface area (Å²) in [6.07, 6.45) is 31.3. The molecule has 0 bridgehead atoms. The molecule has 0 radical (unpaired) electrons. The summed E-state index contributed by atoms with van der Waals surface area (Å²) in [4.78, 5) is 8.99. The zero-order chi connectivity index (χ0) is 80.0. The number of para-hydroxylation sites is 4. The first-order chi connectivity index (χ1) is 57.9. The van der Waals surface area contributed by atoms with Crippen LogP contribution in [0.5, 0.6) is 0 Å². The highest BCUT2D eigenvalue weighted by molar-refractivity contribution is 6.23. The molecule has 118 heavy (non-hydrogen) atoms. The van der Waals surface area contributed by atoms with Crippen LogP contribution in [-0.2, 0) is 5.41 Å². The maximum absolute atomic E-state index is 4.50. The van der Waals surface area contributed by atoms with E-state index in [1.807, 2.05) is 12.1 Å². The highest BCUT2D eigenvalue weighted by atomic mass is 15.0. The number of nitrogens with zero attached hydrogens (tertiary/aromatic N) is 4. The van der Waals surface area contributed by atoms with Gasteiger partial charge >= 0.3 is 0 Å². The molecule has 0 spiro atoms. The molecule has 13 aromatic carbocycles. The monoisotopic (exact) mass is 1540 g/mol. The Morgan fingerprint density at radius 1 is 0.288 bits per heavy atom. The Labute approximate surface area is 700 Å². The third-order valence-corrected chi connectivity index (χ3v) is 30.2. The van der Waals surface area contributed by atoms with Gasteiger partial charge in [-0.1, -0.05) is 361 Å². The summed E-state index contributed by atoms with van der Waals surface area (Å²) in [5, 5.41) is 9.95. The zero-order valence-corrected chi connectivity index (χ0v) is 70.4. The highest BCUT2D eigenvalue weighted by Gasteiger charge is 2.49. The van der Waals surface area contributed by atoms with E-state index in [4.69, 9.17) is 0 Å². The molecule has 4 nitrogen and oxygen atoms in total. The van der Waals surface area contributed by atoms with Crippen LogP contribution >= 0.6 is 0 Å². The fourth-order valence-electron chi connectivity index (χ4n) is 24.4. The van der Waals surface area contributed by atoms with E-state index in [1.165, 1.54) is 177 Å². The Kier molecular flexibility index (Phi) is 21.8. The molecule has 9 aliphatic rings. The third kappa shape index (κ3) is 14.4. The number of hydrogen-bond acceptors (Lipinski definition) is 2. The van der Waals surface area contributed by atoms with Crippen molar-refractivity contribution in [1.82, 2.24) is 19.1 Å². The predicted molar refractivity (Wildman–Crippen MR) is 502 cm³/mol. The van der Waals surface area contributed by atoms with Gasteiger partial charge in [0.25, 0.3) is 0 Å². The van der Waals surface area contributed by atoms with Crippen LogP contribution in [0.4, 0.5) is 0 Å². The topological polar surface area (TPSA) is 35.6 Å². The molecule has 4 heteroatoms. The number of hydrogen-bond donors (Lipinski definition) is 0. The molecule has 16 aromatic rings. The third-order valence-electron chi connectivity index (χ3n) is 30.2. The minimum absolute atomic E-state index is 0.160. The van der Waals surface area contributed by atoms with E-state index in [-0.39, 0.29) is 5.41 Å². The molecule has 25 rings (SSSR count). The van der Waals surface area contributed by atoms with Crippen LogP contribution in [0.2, 0.25) is 0 Å². The van der Waals surface area contributed by atoms with Crippen LogP contribution in [0.1, 0.15) is 190 Å². The average Bonchev–Trinajstić information content (AvgIpc) is 1.51. The van der Waals surface area contributed by atoms with Gasteiger partial charge in [-0.05, 0) is 224 Å². The van der Waals surface area contributed by atoms with Crippen molar-refractivity contribution in [3.05, 3.63) is 343 Å². The molecule has 3 heterocycles. The number of fused-ring (bicyclic) bond motifs is 25. The number of rotatable bonds is 2. The van der Waals surface area contributed by atoms with Gasteiger partial charge < -0.3 is 9.13 Å². The Morgan fingerprint density at radius 2 is 0.627 bits per heavy atom. The fourth-order valence-corrected chi connectivity index (χ4v) is 24.4. The summed E-state index contributed by atoms with van der Waals surface area (Å²) >= 11 is 0. The molecule has 0 amide bonds. The Balaban J connectivity index is 0.0000000946. The average molecular weight is 1540 g/mol. The first-order valence-corrected chi connectivity index (χ1v) is 45.2. The summed E-state index contributed by atoms with van der Waals surface area (Å²) in [6, 6.07) is 104. The summed E-state index contributed by atoms with van der Waals surface area (Å²) < 4.78 is 4.72. The van der Waals surface area contributed by atoms with E-state index >= 15 is 0 Å². The lowest BCUT2D eigenvalue weighted by molar-refractivity contribution is 0.131. The molecule has 592 valence electrons. The van der Waals surface area contributed by atoms with Gasteiger partial charge in [-0.15, -0.1) is 0 Å². The standard InChI is InChI=1S/C30H20N2.C16H10N2.C15H26.C15H14.C14H12.C14H24.C10H10/c1-5-13-27-23(9-1)24-10-2-6-14-28(24)31(27)21-17-19-22(20-18-21)32-29-15-7-3-11-25(29)26-12-4-8-16-30(26)32;1-3-7-13-11(5-1)12-6-2-4-8-14(12)16-15(13)17-9-10-18-16;1-10-5-3-7-12-13-8-4-6-11(2)15(13)9-14(10)12;1-15(2)13-9-5-3-7-11(13)12-8-4-6-10-14(12)15;1-10-11-6-2-4-8-13(11)14-9-5-3-7-12(10)14;1-10-5-4-8-13-12-7-3-2-6-11(12)9-14(10)13;1-8-6-7-9-4-2-3-5-10(8)9/h1-20H;1-10H;10-15H,3-9H2,1-2H3;3-10H,1-2H3;2-10H,1H3;10-14H,2-9H2,1H3;2-8H,1H3. The molecule has 0 aliphatic heterocycles. The van der Waals surface area contributed by atoms with Gasteiger partial charge in [0.05, 0.1) is 33.1 Å². The highest BCUT2D eigenvalue weighted by Crippen LogP contribution is 2.59. The van der Waals surface area contributed by atoms with Crippen molar-refractivity contribution in [2.75, 3.05) is 0 Å². The van der Waals surface area contributed by atoms with Gasteiger partial charge in [0.1, 0.15) is 0 Å². The van der Waals surface area contributed by atoms with Gasteiger partial charge in [-0.25, -0.2) is 0 Å². The molecular weight excluding hydrogens is 1430 g/mol. The number of allylic oxidation sites excluding steroid dienone is 1. The van der Waals surface area contributed by atoms with Crippen LogP contribution in [0.3, 0.4) is 0 Å². The lowest BCUT2D eigenvalue weighted by Gasteiger charge is -2.37. The van der Waals surface area contributed by atoms with Crippen LogP contribution in [-0.4, -0.2) is 19.1 Å². The maximum atomic E-state index is 4.50. The molecule has 0 N–H and O–H groups in total. The molecule has 0 saturated heterocycles. The van der Waals surface area contributed by atoms with E-state index in [2.05, 4.69) is 359 Å². The van der Waals surface area contributed by atoms with Crippen molar-refractivity contribution >= 4 is 82.3 Å². The molecule has 6 fully saturated rings. The quantitative estimate of drug-likeness (QED) is 0.162. The molecule has 3 aromatic heterocycles. The van der Waals surface area contributed by atoms with Crippen molar-refractivity contribution in [3.63, 3.8) is 0 Å². The second-order valence-electron chi connectivity index (χ2n) is 36.9. The Hall–Kier alpha value is -10.9. The van der Waals surface area contributed by atoms with E-state index in [0.717, 1.165) is 76.1 Å². The van der Waals surface area contributed by atoms with Crippen LogP contribution in [0.15, 0.2) is 310 Å². The lowest BCUT2D eigenvalue weighted by atomic mass is 9.69. The van der Waals surface area contributed by atoms with Crippen molar-refractivity contribution in [3.8, 4) is 33.6 Å². The molecule has 9 aliphatic carbocycles. The van der Waals surface area contributed by atoms with Crippen molar-refractivity contribution in [2.24, 2.45) is 65.1 Å². The van der Waals surface area contributed by atoms with Gasteiger partial charge in [0.15, 0.2) is 0 Å². The number of benzene rings is 13. The first-order valence-electron chi connectivity index (χ1n) is 45.2. The molecule has 12 atom stereocenters.